The number of fused-ring (bicyclic) bond motifs is 1. The third-order valence-corrected chi connectivity index (χ3v) is 10.2. The summed E-state index contributed by atoms with van der Waals surface area (Å²) < 4.78 is 60.5. The second-order valence-electron chi connectivity index (χ2n) is 11.1. The third-order valence-electron chi connectivity index (χ3n) is 7.51. The lowest BCUT2D eigenvalue weighted by Crippen LogP contribution is -2.51. The topological polar surface area (TPSA) is 132 Å². The Kier molecular flexibility index (Phi) is 10.5. The fraction of sp³-hybridized carbons (Fsp3) is 0.536. The van der Waals surface area contributed by atoms with Crippen LogP contribution in [0, 0.1) is 0 Å². The van der Waals surface area contributed by atoms with E-state index in [4.69, 9.17) is 4.74 Å². The molecule has 0 bridgehead atoms. The standard InChI is InChI=1S/C28H42N6O6S2/c1-31(2)42(38,39)28-25(34-16-14-32(3)15-17-34)10-7-11-26(28)40-21-27(35)29-18-24(30-41(4,36)37)20-33-13-12-22-8-5-6-9-23(22)19-33/h5-11,24,30H,12-21H2,1-4H3,(H,29,35)/t24-/m1/s1. The number of nitrogens with zero attached hydrogens (tertiary/aromatic N) is 4. The van der Waals surface area contributed by atoms with Gasteiger partial charge in [0.05, 0.1) is 18.0 Å². The third kappa shape index (κ3) is 8.42. The molecule has 12 nitrogen and oxygen atoms in total. The Labute approximate surface area is 249 Å². The zero-order valence-electron chi connectivity index (χ0n) is 24.7. The van der Waals surface area contributed by atoms with E-state index in [0.29, 0.717) is 31.9 Å². The zero-order chi connectivity index (χ0) is 30.5. The van der Waals surface area contributed by atoms with Gasteiger partial charge in [-0.1, -0.05) is 30.3 Å². The Bertz CT molecular complexity index is 1460. The molecule has 2 aliphatic heterocycles. The number of sulfonamides is 2. The molecule has 1 amide bonds. The predicted molar refractivity (Wildman–Crippen MR) is 163 cm³/mol. The molecule has 2 N–H and O–H groups in total. The normalized spacial score (nSPS) is 17.6. The number of likely N-dealkylation sites (N-methyl/N-ethyl adjacent to an activating group) is 1. The summed E-state index contributed by atoms with van der Waals surface area (Å²) in [5.74, 6) is -0.398. The van der Waals surface area contributed by atoms with Gasteiger partial charge in [-0.3, -0.25) is 9.69 Å². The molecule has 1 saturated heterocycles. The summed E-state index contributed by atoms with van der Waals surface area (Å²) >= 11 is 0. The number of hydrogen-bond donors (Lipinski definition) is 2. The Morgan fingerprint density at radius 1 is 0.976 bits per heavy atom. The quantitative estimate of drug-likeness (QED) is 0.340. The minimum absolute atomic E-state index is 0.0225. The van der Waals surface area contributed by atoms with Crippen LogP contribution in [-0.4, -0.2) is 123 Å². The largest absolute Gasteiger partial charge is 0.482 e. The van der Waals surface area contributed by atoms with Crippen molar-refractivity contribution in [1.29, 1.82) is 0 Å². The Morgan fingerprint density at radius 2 is 1.67 bits per heavy atom. The van der Waals surface area contributed by atoms with Crippen LogP contribution in [0.1, 0.15) is 11.1 Å². The first-order chi connectivity index (χ1) is 19.8. The summed E-state index contributed by atoms with van der Waals surface area (Å²) in [7, 11) is -2.47. The lowest BCUT2D eigenvalue weighted by Gasteiger charge is -2.35. The van der Waals surface area contributed by atoms with E-state index in [2.05, 4.69) is 32.0 Å². The van der Waals surface area contributed by atoms with Crippen LogP contribution in [0.5, 0.6) is 5.75 Å². The van der Waals surface area contributed by atoms with Crippen LogP contribution in [0.4, 0.5) is 5.69 Å². The van der Waals surface area contributed by atoms with Gasteiger partial charge < -0.3 is 19.9 Å². The lowest BCUT2D eigenvalue weighted by molar-refractivity contribution is -0.123. The molecule has 2 aromatic rings. The van der Waals surface area contributed by atoms with Crippen LogP contribution >= 0.6 is 0 Å². The second-order valence-corrected chi connectivity index (χ2v) is 15.0. The van der Waals surface area contributed by atoms with Crippen molar-refractivity contribution in [3.05, 3.63) is 53.6 Å². The van der Waals surface area contributed by atoms with E-state index in [9.17, 15) is 21.6 Å². The highest BCUT2D eigenvalue weighted by Crippen LogP contribution is 2.36. The Balaban J connectivity index is 1.42. The van der Waals surface area contributed by atoms with Crippen LogP contribution in [0.25, 0.3) is 0 Å². The maximum absolute atomic E-state index is 13.4. The summed E-state index contributed by atoms with van der Waals surface area (Å²) in [5.41, 5.74) is 3.04. The van der Waals surface area contributed by atoms with Crippen molar-refractivity contribution >= 4 is 31.6 Å². The van der Waals surface area contributed by atoms with Gasteiger partial charge in [-0.2, -0.15) is 0 Å². The highest BCUT2D eigenvalue weighted by atomic mass is 32.2. The van der Waals surface area contributed by atoms with Gasteiger partial charge in [0.15, 0.2) is 6.61 Å². The summed E-state index contributed by atoms with van der Waals surface area (Å²) in [6, 6.07) is 12.7. The summed E-state index contributed by atoms with van der Waals surface area (Å²) in [6.45, 7) is 4.43. The molecule has 2 aliphatic rings. The zero-order valence-corrected chi connectivity index (χ0v) is 26.4. The molecular weight excluding hydrogens is 580 g/mol. The first-order valence-electron chi connectivity index (χ1n) is 14.0. The maximum Gasteiger partial charge on any atom is 0.257 e. The molecule has 232 valence electrons. The van der Waals surface area contributed by atoms with E-state index >= 15 is 0 Å². The van der Waals surface area contributed by atoms with E-state index in [1.54, 1.807) is 18.2 Å². The van der Waals surface area contributed by atoms with Gasteiger partial charge in [0, 0.05) is 66.5 Å². The van der Waals surface area contributed by atoms with E-state index in [1.165, 1.54) is 25.2 Å². The smallest absolute Gasteiger partial charge is 0.257 e. The van der Waals surface area contributed by atoms with E-state index in [0.717, 1.165) is 36.6 Å². The van der Waals surface area contributed by atoms with Crippen LogP contribution in [0.3, 0.4) is 0 Å². The first-order valence-corrected chi connectivity index (χ1v) is 17.3. The predicted octanol–water partition coefficient (Wildman–Crippen LogP) is 0.160. The summed E-state index contributed by atoms with van der Waals surface area (Å²) in [6.07, 6.45) is 1.96. The minimum Gasteiger partial charge on any atom is -0.482 e. The van der Waals surface area contributed by atoms with Gasteiger partial charge in [-0.05, 0) is 36.7 Å². The molecule has 0 aliphatic carbocycles. The minimum atomic E-state index is -3.89. The molecule has 1 atom stereocenters. The SMILES string of the molecule is CN1CCN(c2cccc(OCC(=O)NC[C@H](CN3CCc4ccccc4C3)NS(C)(=O)=O)c2S(=O)(=O)N(C)C)CC1. The molecule has 0 aromatic heterocycles. The fourth-order valence-electron chi connectivity index (χ4n) is 5.26. The molecule has 4 rings (SSSR count). The molecule has 0 unspecified atom stereocenters. The van der Waals surface area contributed by atoms with E-state index in [-0.39, 0.29) is 17.2 Å². The number of amides is 1. The number of hydrogen-bond acceptors (Lipinski definition) is 9. The highest BCUT2D eigenvalue weighted by molar-refractivity contribution is 7.89. The monoisotopic (exact) mass is 622 g/mol. The number of piperazine rings is 1. The molecule has 0 saturated carbocycles. The number of ether oxygens (including phenoxy) is 1. The van der Waals surface area contributed by atoms with Crippen molar-refractivity contribution in [2.24, 2.45) is 0 Å². The van der Waals surface area contributed by atoms with Crippen LogP contribution in [-0.2, 0) is 37.8 Å². The van der Waals surface area contributed by atoms with E-state index < -0.39 is 38.6 Å². The van der Waals surface area contributed by atoms with Gasteiger partial charge in [0.25, 0.3) is 5.91 Å². The summed E-state index contributed by atoms with van der Waals surface area (Å²) in [5, 5.41) is 2.75. The number of benzene rings is 2. The van der Waals surface area contributed by atoms with Crippen molar-refractivity contribution in [3.63, 3.8) is 0 Å². The van der Waals surface area contributed by atoms with Crippen LogP contribution in [0.15, 0.2) is 47.4 Å². The first kappa shape index (κ1) is 32.2. The van der Waals surface area contributed by atoms with Crippen LogP contribution < -0.4 is 19.7 Å². The molecule has 2 heterocycles. The van der Waals surface area contributed by atoms with Gasteiger partial charge in [-0.25, -0.2) is 25.9 Å². The number of carbonyl (C=O) groups is 1. The molecule has 2 aromatic carbocycles. The number of anilines is 1. The Morgan fingerprint density at radius 3 is 2.33 bits per heavy atom. The molecular formula is C28H42N6O6S2. The van der Waals surface area contributed by atoms with Crippen molar-refractivity contribution in [2.45, 2.75) is 23.9 Å². The van der Waals surface area contributed by atoms with Gasteiger partial charge >= 0.3 is 0 Å². The molecule has 0 radical (unpaired) electrons. The fourth-order valence-corrected chi connectivity index (χ4v) is 7.23. The van der Waals surface area contributed by atoms with Crippen LogP contribution in [0.2, 0.25) is 0 Å². The average Bonchev–Trinajstić information content (AvgIpc) is 2.94. The van der Waals surface area contributed by atoms with Crippen molar-refractivity contribution in [2.75, 3.05) is 84.7 Å². The molecule has 0 spiro atoms. The average molecular weight is 623 g/mol. The number of carbonyl (C=O) groups excluding carboxylic acids is 1. The summed E-state index contributed by atoms with van der Waals surface area (Å²) in [4.78, 5) is 19.2. The van der Waals surface area contributed by atoms with Crippen molar-refractivity contribution < 1.29 is 26.4 Å². The van der Waals surface area contributed by atoms with Crippen molar-refractivity contribution in [1.82, 2.24) is 24.1 Å². The molecule has 1 fully saturated rings. The Hall–Kier alpha value is -2.75. The highest BCUT2D eigenvalue weighted by Gasteiger charge is 2.30. The van der Waals surface area contributed by atoms with E-state index in [1.807, 2.05) is 24.1 Å². The maximum atomic E-state index is 13.4. The second kappa shape index (κ2) is 13.7. The van der Waals surface area contributed by atoms with Gasteiger partial charge in [0.1, 0.15) is 10.6 Å². The number of nitrogens with one attached hydrogen (secondary N) is 2. The molecule has 14 heteroatoms. The van der Waals surface area contributed by atoms with Crippen molar-refractivity contribution in [3.8, 4) is 5.75 Å². The number of rotatable bonds is 12. The van der Waals surface area contributed by atoms with Gasteiger partial charge in [-0.15, -0.1) is 0 Å². The lowest BCUT2D eigenvalue weighted by atomic mass is 9.99. The van der Waals surface area contributed by atoms with Gasteiger partial charge in [0.2, 0.25) is 20.0 Å². The molecule has 42 heavy (non-hydrogen) atoms.